The standard InChI is InChI=1S/C13H28O4S2Si/c1-13(2,3)20(5,6)16-8-10-7-15-11(9-14-10)17-12(18)19-4/h10-11H,7-9,19H2,1-6H3. The van der Waals surface area contributed by atoms with Gasteiger partial charge in [0.15, 0.2) is 12.7 Å². The lowest BCUT2D eigenvalue weighted by Gasteiger charge is -2.38. The second-order valence-electron chi connectivity index (χ2n) is 6.44. The predicted octanol–water partition coefficient (Wildman–Crippen LogP) is 2.88. The first-order chi connectivity index (χ1) is 9.15. The molecule has 0 N–H and O–H groups in total. The molecule has 0 saturated carbocycles. The molecule has 0 aromatic rings. The maximum Gasteiger partial charge on any atom is 0.225 e. The lowest BCUT2D eigenvalue weighted by Crippen LogP contribution is -2.46. The van der Waals surface area contributed by atoms with Crippen LogP contribution in [-0.4, -0.2) is 51.2 Å². The van der Waals surface area contributed by atoms with Crippen molar-refractivity contribution in [3.8, 4) is 0 Å². The molecule has 0 aliphatic carbocycles. The number of hydrogen-bond acceptors (Lipinski definition) is 5. The first-order valence-corrected chi connectivity index (χ1v) is 11.7. The Balaban J connectivity index is 2.31. The molecule has 4 nitrogen and oxygen atoms in total. The Morgan fingerprint density at radius 2 is 1.95 bits per heavy atom. The fraction of sp³-hybridized carbons (Fsp3) is 0.923. The van der Waals surface area contributed by atoms with Crippen LogP contribution in [0.15, 0.2) is 0 Å². The van der Waals surface area contributed by atoms with Crippen LogP contribution in [0.5, 0.6) is 0 Å². The van der Waals surface area contributed by atoms with Crippen molar-refractivity contribution in [1.82, 2.24) is 0 Å². The lowest BCUT2D eigenvalue weighted by molar-refractivity contribution is -0.208. The van der Waals surface area contributed by atoms with E-state index in [0.717, 1.165) is 0 Å². The molecule has 1 aliphatic rings. The van der Waals surface area contributed by atoms with E-state index >= 15 is 0 Å². The molecule has 7 heteroatoms. The van der Waals surface area contributed by atoms with Gasteiger partial charge in [-0.1, -0.05) is 20.8 Å². The average molecular weight is 341 g/mol. The molecule has 0 aromatic carbocycles. The molecule has 1 aliphatic heterocycles. The zero-order valence-electron chi connectivity index (χ0n) is 13.3. The normalized spacial score (nSPS) is 25.5. The minimum Gasteiger partial charge on any atom is -0.448 e. The maximum absolute atomic E-state index is 6.14. The highest BCUT2D eigenvalue weighted by molar-refractivity contribution is 8.22. The van der Waals surface area contributed by atoms with E-state index in [2.05, 4.69) is 33.9 Å². The van der Waals surface area contributed by atoms with Crippen LogP contribution >= 0.6 is 24.0 Å². The molecule has 0 amide bonds. The molecular formula is C13H28O4S2Si. The Labute approximate surface area is 133 Å². The maximum atomic E-state index is 6.14. The van der Waals surface area contributed by atoms with Gasteiger partial charge in [0.05, 0.1) is 13.2 Å². The van der Waals surface area contributed by atoms with E-state index in [1.807, 2.05) is 6.26 Å². The van der Waals surface area contributed by atoms with Crippen LogP contribution in [0.3, 0.4) is 0 Å². The van der Waals surface area contributed by atoms with Crippen LogP contribution in [0.2, 0.25) is 18.1 Å². The first kappa shape index (κ1) is 18.4. The summed E-state index contributed by atoms with van der Waals surface area (Å²) in [6, 6.07) is 0. The molecule has 120 valence electrons. The molecule has 0 aromatic heterocycles. The van der Waals surface area contributed by atoms with E-state index in [9.17, 15) is 0 Å². The topological polar surface area (TPSA) is 36.9 Å². The van der Waals surface area contributed by atoms with Gasteiger partial charge in [0.25, 0.3) is 0 Å². The highest BCUT2D eigenvalue weighted by Gasteiger charge is 2.38. The van der Waals surface area contributed by atoms with Gasteiger partial charge in [-0.25, -0.2) is 0 Å². The van der Waals surface area contributed by atoms with Crippen molar-refractivity contribution in [2.75, 3.05) is 26.1 Å². The summed E-state index contributed by atoms with van der Waals surface area (Å²) in [6.45, 7) is 12.7. The third kappa shape index (κ3) is 5.61. The van der Waals surface area contributed by atoms with Gasteiger partial charge in [0.2, 0.25) is 6.29 Å². The largest absolute Gasteiger partial charge is 0.448 e. The molecule has 0 bridgehead atoms. The summed E-state index contributed by atoms with van der Waals surface area (Å²) >= 11 is 5.53. The van der Waals surface area contributed by atoms with E-state index in [4.69, 9.17) is 30.9 Å². The quantitative estimate of drug-likeness (QED) is 0.581. The Morgan fingerprint density at radius 3 is 2.40 bits per heavy atom. The monoisotopic (exact) mass is 340 g/mol. The third-order valence-corrected chi connectivity index (χ3v) is 9.55. The van der Waals surface area contributed by atoms with Crippen LogP contribution in [0, 0.1) is 0 Å². The van der Waals surface area contributed by atoms with E-state index in [1.165, 1.54) is 0 Å². The van der Waals surface area contributed by atoms with Crippen LogP contribution in [0.1, 0.15) is 20.8 Å². The summed E-state index contributed by atoms with van der Waals surface area (Å²) in [5, 5.41) is 0.211. The second-order valence-corrected chi connectivity index (χ2v) is 12.9. The Morgan fingerprint density at radius 1 is 1.30 bits per heavy atom. The Kier molecular flexibility index (Phi) is 6.94. The van der Waals surface area contributed by atoms with Crippen LogP contribution in [-0.2, 0) is 18.6 Å². The van der Waals surface area contributed by atoms with Crippen molar-refractivity contribution in [2.24, 2.45) is 0 Å². The van der Waals surface area contributed by atoms with Gasteiger partial charge in [-0.05, 0) is 36.6 Å². The number of thiocarbonyl (C=S) groups is 1. The summed E-state index contributed by atoms with van der Waals surface area (Å²) < 4.78 is 23.5. The van der Waals surface area contributed by atoms with Crippen LogP contribution in [0.4, 0.5) is 0 Å². The van der Waals surface area contributed by atoms with Gasteiger partial charge in [0.1, 0.15) is 12.7 Å². The fourth-order valence-electron chi connectivity index (χ4n) is 1.39. The molecular weight excluding hydrogens is 312 g/mol. The Bertz CT molecular complexity index is 323. The number of ether oxygens (including phenoxy) is 3. The van der Waals surface area contributed by atoms with Crippen LogP contribution < -0.4 is 0 Å². The molecule has 1 heterocycles. The highest BCUT2D eigenvalue weighted by atomic mass is 32.2. The number of hydrogen-bond donors (Lipinski definition) is 0. The van der Waals surface area contributed by atoms with Gasteiger partial charge >= 0.3 is 0 Å². The van der Waals surface area contributed by atoms with Gasteiger partial charge < -0.3 is 18.6 Å². The minimum atomic E-state index is -1.72. The smallest absolute Gasteiger partial charge is 0.225 e. The van der Waals surface area contributed by atoms with Crippen molar-refractivity contribution in [3.63, 3.8) is 0 Å². The van der Waals surface area contributed by atoms with E-state index < -0.39 is 8.32 Å². The van der Waals surface area contributed by atoms with Gasteiger partial charge in [-0.2, -0.15) is 11.8 Å². The van der Waals surface area contributed by atoms with Crippen molar-refractivity contribution in [2.45, 2.75) is 51.3 Å². The summed E-state index contributed by atoms with van der Waals surface area (Å²) in [5.41, 5.74) is 0. The second kappa shape index (κ2) is 7.55. The summed E-state index contributed by atoms with van der Waals surface area (Å²) in [5.74, 6) is 0. The van der Waals surface area contributed by atoms with E-state index in [-0.39, 0.29) is 17.4 Å². The summed E-state index contributed by atoms with van der Waals surface area (Å²) in [6.07, 6.45) is 1.61. The fourth-order valence-corrected chi connectivity index (χ4v) is 2.78. The van der Waals surface area contributed by atoms with Crippen molar-refractivity contribution >= 4 is 36.7 Å². The molecule has 1 rings (SSSR count). The molecule has 2 unspecified atom stereocenters. The van der Waals surface area contributed by atoms with E-state index in [0.29, 0.717) is 36.0 Å². The third-order valence-electron chi connectivity index (χ3n) is 3.81. The molecule has 0 radical (unpaired) electrons. The van der Waals surface area contributed by atoms with E-state index in [1.54, 1.807) is 0 Å². The average Bonchev–Trinajstić information content (AvgIpc) is 2.36. The molecule has 20 heavy (non-hydrogen) atoms. The SMILES string of the molecule is C[SH2]C(=S)OC1COC(CO[Si](C)(C)C(C)(C)C)CO1. The molecule has 1 saturated heterocycles. The molecule has 2 atom stereocenters. The predicted molar refractivity (Wildman–Crippen MR) is 92.6 cm³/mol. The van der Waals surface area contributed by atoms with Gasteiger partial charge in [-0.15, -0.1) is 0 Å². The van der Waals surface area contributed by atoms with Crippen molar-refractivity contribution in [3.05, 3.63) is 0 Å². The summed E-state index contributed by atoms with van der Waals surface area (Å²) in [7, 11) is -1.72. The van der Waals surface area contributed by atoms with Gasteiger partial charge in [0, 0.05) is 0 Å². The number of rotatable bonds is 4. The van der Waals surface area contributed by atoms with Crippen molar-refractivity contribution in [1.29, 1.82) is 0 Å². The zero-order chi connectivity index (χ0) is 15.4. The first-order valence-electron chi connectivity index (χ1n) is 6.91. The molecule has 0 spiro atoms. The Hall–Kier alpha value is 0.337. The van der Waals surface area contributed by atoms with Gasteiger partial charge in [-0.3, -0.25) is 0 Å². The highest BCUT2D eigenvalue weighted by Crippen LogP contribution is 2.36. The minimum absolute atomic E-state index is 0.0124. The van der Waals surface area contributed by atoms with Crippen molar-refractivity contribution < 1.29 is 18.6 Å². The zero-order valence-corrected chi connectivity index (χ0v) is 16.1. The lowest BCUT2D eigenvalue weighted by atomic mass is 10.2. The van der Waals surface area contributed by atoms with Crippen LogP contribution in [0.25, 0.3) is 0 Å². The summed E-state index contributed by atoms with van der Waals surface area (Å²) in [4.78, 5) is 0. The molecule has 1 fully saturated rings.